The van der Waals surface area contributed by atoms with Gasteiger partial charge in [0.1, 0.15) is 18.5 Å². The zero-order valence-electron chi connectivity index (χ0n) is 12.3. The van der Waals surface area contributed by atoms with Crippen molar-refractivity contribution in [3.63, 3.8) is 0 Å². The Balaban J connectivity index is 1.56. The number of hydrogen-bond acceptors (Lipinski definition) is 3. The van der Waals surface area contributed by atoms with Crippen molar-refractivity contribution < 1.29 is 9.53 Å². The average molecular weight is 302 g/mol. The Morgan fingerprint density at radius 1 is 1.04 bits per heavy atom. The molecular weight excluding hydrogens is 288 g/mol. The monoisotopic (exact) mass is 302 g/mol. The number of hydrogen-bond donors (Lipinski definition) is 0. The van der Waals surface area contributed by atoms with Crippen LogP contribution in [0.3, 0.4) is 0 Å². The number of aldehydes is 1. The van der Waals surface area contributed by atoms with Crippen molar-refractivity contribution in [2.45, 2.75) is 18.8 Å². The zero-order valence-corrected chi connectivity index (χ0v) is 12.3. The van der Waals surface area contributed by atoms with E-state index in [4.69, 9.17) is 4.74 Å². The van der Waals surface area contributed by atoms with Crippen LogP contribution in [0.1, 0.15) is 50.4 Å². The molecule has 2 aliphatic rings. The quantitative estimate of drug-likeness (QED) is 0.698. The van der Waals surface area contributed by atoms with E-state index in [0.717, 1.165) is 18.4 Å². The van der Waals surface area contributed by atoms with Crippen LogP contribution in [0.15, 0.2) is 54.9 Å². The van der Waals surface area contributed by atoms with Gasteiger partial charge in [0.15, 0.2) is 0 Å². The van der Waals surface area contributed by atoms with Crippen LogP contribution in [-0.2, 0) is 11.3 Å². The van der Waals surface area contributed by atoms with Crippen molar-refractivity contribution in [2.24, 2.45) is 0 Å². The van der Waals surface area contributed by atoms with Crippen LogP contribution < -0.4 is 0 Å². The normalized spacial score (nSPS) is 20.3. The summed E-state index contributed by atoms with van der Waals surface area (Å²) in [6, 6.07) is 14.3. The molecule has 0 aliphatic carbocycles. The highest BCUT2D eigenvalue weighted by Crippen LogP contribution is 2.54. The van der Waals surface area contributed by atoms with Crippen molar-refractivity contribution in [2.75, 3.05) is 0 Å². The van der Waals surface area contributed by atoms with Gasteiger partial charge in [-0.15, -0.1) is 0 Å². The first-order chi connectivity index (χ1) is 11.3. The smallest absolute Gasteiger partial charge is 0.150 e. The highest BCUT2D eigenvalue weighted by molar-refractivity contribution is 5.76. The maximum atomic E-state index is 11.0. The Labute approximate surface area is 133 Å². The number of carbonyl (C=O) groups is 1. The lowest BCUT2D eigenvalue weighted by atomic mass is 9.84. The molecule has 2 bridgehead atoms. The predicted octanol–water partition coefficient (Wildman–Crippen LogP) is 3.27. The first-order valence-corrected chi connectivity index (χ1v) is 7.68. The van der Waals surface area contributed by atoms with Gasteiger partial charge in [0.25, 0.3) is 0 Å². The fourth-order valence-electron chi connectivity index (χ4n) is 3.67. The van der Waals surface area contributed by atoms with E-state index in [1.807, 2.05) is 35.1 Å². The van der Waals surface area contributed by atoms with E-state index in [-0.39, 0.29) is 12.2 Å². The van der Waals surface area contributed by atoms with Gasteiger partial charge in [-0.2, -0.15) is 5.10 Å². The molecule has 5 rings (SSSR count). The second-order valence-corrected chi connectivity index (χ2v) is 6.07. The van der Waals surface area contributed by atoms with Gasteiger partial charge in [-0.1, -0.05) is 30.3 Å². The molecule has 0 amide bonds. The highest BCUT2D eigenvalue weighted by Gasteiger charge is 2.42. The fraction of sp³-hybridized carbons (Fsp3) is 0.158. The molecule has 3 aromatic rings. The van der Waals surface area contributed by atoms with Crippen LogP contribution in [0.2, 0.25) is 0 Å². The van der Waals surface area contributed by atoms with E-state index in [9.17, 15) is 4.79 Å². The van der Waals surface area contributed by atoms with Crippen molar-refractivity contribution in [3.8, 4) is 0 Å². The first kappa shape index (κ1) is 12.8. The topological polar surface area (TPSA) is 44.1 Å². The summed E-state index contributed by atoms with van der Waals surface area (Å²) in [5.41, 5.74) is 6.68. The summed E-state index contributed by atoms with van der Waals surface area (Å²) in [7, 11) is 0. The molecular formula is C19H14N2O2. The third-order valence-electron chi connectivity index (χ3n) is 4.70. The second-order valence-electron chi connectivity index (χ2n) is 6.07. The van der Waals surface area contributed by atoms with Crippen LogP contribution in [0.4, 0.5) is 0 Å². The molecule has 0 radical (unpaired) electrons. The molecule has 112 valence electrons. The third-order valence-corrected chi connectivity index (χ3v) is 4.70. The summed E-state index contributed by atoms with van der Waals surface area (Å²) in [5, 5.41) is 4.26. The molecule has 2 unspecified atom stereocenters. The van der Waals surface area contributed by atoms with E-state index < -0.39 is 0 Å². The van der Waals surface area contributed by atoms with Crippen LogP contribution in [0.25, 0.3) is 0 Å². The molecule has 2 aromatic carbocycles. The Morgan fingerprint density at radius 3 is 2.61 bits per heavy atom. The summed E-state index contributed by atoms with van der Waals surface area (Å²) in [6.07, 6.45) is 4.59. The van der Waals surface area contributed by atoms with Gasteiger partial charge in [0.2, 0.25) is 0 Å². The van der Waals surface area contributed by atoms with Gasteiger partial charge in [0, 0.05) is 18.0 Å². The molecule has 2 aliphatic heterocycles. The maximum absolute atomic E-state index is 11.0. The Bertz CT molecular complexity index is 915. The summed E-state index contributed by atoms with van der Waals surface area (Å²) in [4.78, 5) is 11.0. The summed E-state index contributed by atoms with van der Waals surface area (Å²) in [5.74, 6) is 0. The van der Waals surface area contributed by atoms with Crippen molar-refractivity contribution in [1.29, 1.82) is 0 Å². The van der Waals surface area contributed by atoms with Crippen LogP contribution >= 0.6 is 0 Å². The highest BCUT2D eigenvalue weighted by atomic mass is 16.5. The van der Waals surface area contributed by atoms with E-state index >= 15 is 0 Å². The summed E-state index contributed by atoms with van der Waals surface area (Å²) >= 11 is 0. The van der Waals surface area contributed by atoms with Gasteiger partial charge in [-0.3, -0.25) is 9.48 Å². The molecule has 23 heavy (non-hydrogen) atoms. The van der Waals surface area contributed by atoms with Crippen molar-refractivity contribution in [1.82, 2.24) is 9.78 Å². The van der Waals surface area contributed by atoms with Gasteiger partial charge in [-0.25, -0.2) is 0 Å². The third kappa shape index (κ3) is 1.82. The van der Waals surface area contributed by atoms with E-state index in [1.165, 1.54) is 22.3 Å². The molecule has 4 nitrogen and oxygen atoms in total. The number of rotatable bonds is 3. The Kier molecular flexibility index (Phi) is 2.58. The fourth-order valence-corrected chi connectivity index (χ4v) is 3.67. The number of ether oxygens (including phenoxy) is 1. The first-order valence-electron chi connectivity index (χ1n) is 7.68. The number of carbonyl (C=O) groups excluding carboxylic acids is 1. The van der Waals surface area contributed by atoms with Crippen LogP contribution in [-0.4, -0.2) is 16.1 Å². The zero-order chi connectivity index (χ0) is 15.4. The number of aromatic nitrogens is 2. The van der Waals surface area contributed by atoms with Crippen LogP contribution in [0, 0.1) is 0 Å². The van der Waals surface area contributed by atoms with Crippen molar-refractivity contribution in [3.05, 3.63) is 88.2 Å². The predicted molar refractivity (Wildman–Crippen MR) is 84.4 cm³/mol. The molecule has 0 fully saturated rings. The molecule has 0 saturated carbocycles. The van der Waals surface area contributed by atoms with E-state index in [1.54, 1.807) is 6.20 Å². The average Bonchev–Trinajstić information content (AvgIpc) is 3.29. The number of benzene rings is 2. The van der Waals surface area contributed by atoms with E-state index in [0.29, 0.717) is 5.56 Å². The minimum absolute atomic E-state index is 0.00413. The molecule has 0 saturated heterocycles. The van der Waals surface area contributed by atoms with Gasteiger partial charge in [0.05, 0.1) is 6.54 Å². The lowest BCUT2D eigenvalue weighted by molar-refractivity contribution is 0.0857. The number of nitrogens with zero attached hydrogens (tertiary/aromatic N) is 2. The molecule has 0 N–H and O–H groups in total. The molecule has 3 heterocycles. The minimum Gasteiger partial charge on any atom is -0.356 e. The lowest BCUT2D eigenvalue weighted by Crippen LogP contribution is -2.06. The Hall–Kier alpha value is -2.72. The van der Waals surface area contributed by atoms with Crippen molar-refractivity contribution >= 4 is 6.29 Å². The SMILES string of the molecule is O=Cc1ccc2c(c1)C1OC2c2ccc(Cn3cccn3)cc21. The van der Waals surface area contributed by atoms with Crippen LogP contribution in [0.5, 0.6) is 0 Å². The van der Waals surface area contributed by atoms with Gasteiger partial charge < -0.3 is 4.74 Å². The molecule has 2 atom stereocenters. The largest absolute Gasteiger partial charge is 0.356 e. The summed E-state index contributed by atoms with van der Waals surface area (Å²) < 4.78 is 8.08. The molecule has 4 heteroatoms. The molecule has 1 aromatic heterocycles. The van der Waals surface area contributed by atoms with Gasteiger partial charge in [-0.05, 0) is 39.9 Å². The standard InChI is InChI=1S/C19H14N2O2/c22-11-13-3-5-15-17(9-13)19-16-8-12(10-21-7-1-6-20-21)2-4-14(16)18(15)23-19/h1-9,11,18-19H,10H2. The maximum Gasteiger partial charge on any atom is 0.150 e. The summed E-state index contributed by atoms with van der Waals surface area (Å²) in [6.45, 7) is 0.749. The minimum atomic E-state index is -0.0533. The second kappa shape index (κ2) is 4.64. The van der Waals surface area contributed by atoms with E-state index in [2.05, 4.69) is 23.3 Å². The number of fused-ring (bicyclic) bond motifs is 8. The Morgan fingerprint density at radius 2 is 1.83 bits per heavy atom. The molecule has 0 spiro atoms. The van der Waals surface area contributed by atoms with Gasteiger partial charge >= 0.3 is 0 Å². The lowest BCUT2D eigenvalue weighted by Gasteiger charge is -2.17.